The zero-order valence-electron chi connectivity index (χ0n) is 13.1. The largest absolute Gasteiger partial charge is 0.353 e. The third-order valence-electron chi connectivity index (χ3n) is 4.03. The second-order valence-electron chi connectivity index (χ2n) is 5.68. The topological polar surface area (TPSA) is 97.1 Å². The Morgan fingerprint density at radius 1 is 1.33 bits per heavy atom. The smallest absolute Gasteiger partial charge is 0.348 e. The van der Waals surface area contributed by atoms with Crippen molar-refractivity contribution in [3.05, 3.63) is 39.8 Å². The third-order valence-corrected chi connectivity index (χ3v) is 4.26. The number of nitrogens with zero attached hydrogens (tertiary/aromatic N) is 5. The van der Waals surface area contributed by atoms with E-state index in [2.05, 4.69) is 27.2 Å². The predicted molar refractivity (Wildman–Crippen MR) is 91.9 cm³/mol. The molecule has 1 N–H and O–H groups in total. The summed E-state index contributed by atoms with van der Waals surface area (Å²) in [6, 6.07) is 3.49. The van der Waals surface area contributed by atoms with E-state index in [0.717, 1.165) is 25.8 Å². The fourth-order valence-electron chi connectivity index (χ4n) is 2.82. The number of rotatable bonds is 4. The summed E-state index contributed by atoms with van der Waals surface area (Å²) in [5.41, 5.74) is -0.136. The predicted octanol–water partition coefficient (Wildman–Crippen LogP) is 3.56. The highest BCUT2D eigenvalue weighted by molar-refractivity contribution is 6.30. The number of hydrogen-bond acceptors (Lipinski definition) is 7. The summed E-state index contributed by atoms with van der Waals surface area (Å²) in [5.74, 6) is 0.898. The van der Waals surface area contributed by atoms with Gasteiger partial charge in [-0.2, -0.15) is 0 Å². The fraction of sp³-hybridized carbons (Fsp3) is 0.400. The minimum atomic E-state index is -0.449. The molecule has 2 aromatic heterocycles. The monoisotopic (exact) mass is 348 g/mol. The molecule has 3 rings (SSSR count). The van der Waals surface area contributed by atoms with Crippen molar-refractivity contribution in [2.75, 3.05) is 16.8 Å². The van der Waals surface area contributed by atoms with Crippen LogP contribution in [0.25, 0.3) is 0 Å². The molecule has 9 heteroatoms. The molecule has 2 aromatic rings. The molecule has 3 heterocycles. The van der Waals surface area contributed by atoms with Gasteiger partial charge in [-0.15, -0.1) is 0 Å². The molecule has 24 heavy (non-hydrogen) atoms. The van der Waals surface area contributed by atoms with Crippen LogP contribution < -0.4 is 10.2 Å². The molecule has 0 aromatic carbocycles. The lowest BCUT2D eigenvalue weighted by molar-refractivity contribution is -0.383. The van der Waals surface area contributed by atoms with Gasteiger partial charge in [0.1, 0.15) is 12.1 Å². The second-order valence-corrected chi connectivity index (χ2v) is 6.11. The second kappa shape index (κ2) is 6.96. The van der Waals surface area contributed by atoms with E-state index in [1.54, 1.807) is 12.1 Å². The Labute approximate surface area is 144 Å². The first-order valence-corrected chi connectivity index (χ1v) is 8.08. The van der Waals surface area contributed by atoms with E-state index in [1.807, 2.05) is 4.90 Å². The van der Waals surface area contributed by atoms with Gasteiger partial charge in [-0.3, -0.25) is 10.1 Å². The number of nitro groups is 1. The van der Waals surface area contributed by atoms with Crippen LogP contribution in [-0.4, -0.2) is 32.5 Å². The quantitative estimate of drug-likeness (QED) is 0.666. The van der Waals surface area contributed by atoms with Gasteiger partial charge in [0.25, 0.3) is 0 Å². The van der Waals surface area contributed by atoms with E-state index in [-0.39, 0.29) is 17.5 Å². The van der Waals surface area contributed by atoms with Crippen LogP contribution in [0.1, 0.15) is 26.2 Å². The molecule has 0 spiro atoms. The Bertz CT molecular complexity index is 739. The van der Waals surface area contributed by atoms with Gasteiger partial charge in [-0.1, -0.05) is 11.6 Å². The van der Waals surface area contributed by atoms with E-state index < -0.39 is 4.92 Å². The molecule has 1 aliphatic heterocycles. The van der Waals surface area contributed by atoms with Crippen molar-refractivity contribution >= 4 is 34.7 Å². The van der Waals surface area contributed by atoms with Crippen LogP contribution in [0.15, 0.2) is 24.7 Å². The molecular formula is C15H17ClN6O2. The van der Waals surface area contributed by atoms with Crippen LogP contribution in [0.3, 0.4) is 0 Å². The lowest BCUT2D eigenvalue weighted by Gasteiger charge is -2.33. The highest BCUT2D eigenvalue weighted by Gasteiger charge is 2.30. The highest BCUT2D eigenvalue weighted by atomic mass is 35.5. The maximum Gasteiger partial charge on any atom is 0.353 e. The molecule has 1 fully saturated rings. The molecule has 1 unspecified atom stereocenters. The van der Waals surface area contributed by atoms with Crippen LogP contribution in [-0.2, 0) is 0 Å². The summed E-state index contributed by atoms with van der Waals surface area (Å²) in [7, 11) is 0. The average molecular weight is 349 g/mol. The normalized spacial score (nSPS) is 17.6. The summed E-state index contributed by atoms with van der Waals surface area (Å²) in [6.07, 6.45) is 5.90. The first-order valence-electron chi connectivity index (χ1n) is 7.71. The highest BCUT2D eigenvalue weighted by Crippen LogP contribution is 2.36. The summed E-state index contributed by atoms with van der Waals surface area (Å²) in [5, 5.41) is 15.0. The zero-order chi connectivity index (χ0) is 17.1. The number of aromatic nitrogens is 3. The number of halogens is 1. The average Bonchev–Trinajstić information content (AvgIpc) is 2.57. The lowest BCUT2D eigenvalue weighted by atomic mass is 10.0. The standard InChI is InChI=1S/C15H17ClN6O2/c1-10-4-2-3-7-21(10)15-13(22(23)24)14(18-9-19-15)20-12-6-5-11(16)8-17-12/h5-6,8-10H,2-4,7H2,1H3,(H,17,18,19,20). The van der Waals surface area contributed by atoms with E-state index in [9.17, 15) is 10.1 Å². The van der Waals surface area contributed by atoms with Crippen molar-refractivity contribution in [3.63, 3.8) is 0 Å². The third kappa shape index (κ3) is 3.38. The van der Waals surface area contributed by atoms with Gasteiger partial charge in [0, 0.05) is 18.8 Å². The number of pyridine rings is 1. The van der Waals surface area contributed by atoms with Crippen LogP contribution >= 0.6 is 11.6 Å². The van der Waals surface area contributed by atoms with Crippen molar-refractivity contribution in [3.8, 4) is 0 Å². The van der Waals surface area contributed by atoms with Crippen LogP contribution in [0, 0.1) is 10.1 Å². The van der Waals surface area contributed by atoms with Crippen molar-refractivity contribution < 1.29 is 4.92 Å². The summed E-state index contributed by atoms with van der Waals surface area (Å²) in [4.78, 5) is 25.5. The van der Waals surface area contributed by atoms with Crippen molar-refractivity contribution in [1.82, 2.24) is 15.0 Å². The molecular weight excluding hydrogens is 332 g/mol. The first kappa shape index (κ1) is 16.4. The van der Waals surface area contributed by atoms with Gasteiger partial charge in [-0.25, -0.2) is 15.0 Å². The maximum absolute atomic E-state index is 11.7. The van der Waals surface area contributed by atoms with Crippen LogP contribution in [0.5, 0.6) is 0 Å². The lowest BCUT2D eigenvalue weighted by Crippen LogP contribution is -2.38. The number of hydrogen-bond donors (Lipinski definition) is 1. The molecule has 0 saturated carbocycles. The zero-order valence-corrected chi connectivity index (χ0v) is 13.9. The van der Waals surface area contributed by atoms with Gasteiger partial charge in [0.05, 0.1) is 9.95 Å². The van der Waals surface area contributed by atoms with Crippen LogP contribution in [0.2, 0.25) is 5.02 Å². The van der Waals surface area contributed by atoms with Gasteiger partial charge < -0.3 is 10.2 Å². The van der Waals surface area contributed by atoms with Gasteiger partial charge in [0.15, 0.2) is 0 Å². The van der Waals surface area contributed by atoms with Crippen molar-refractivity contribution in [2.45, 2.75) is 32.2 Å². The van der Waals surface area contributed by atoms with E-state index >= 15 is 0 Å². The van der Waals surface area contributed by atoms with Gasteiger partial charge in [0.2, 0.25) is 11.6 Å². The Morgan fingerprint density at radius 2 is 2.17 bits per heavy atom. The number of nitrogens with one attached hydrogen (secondary N) is 1. The molecule has 1 atom stereocenters. The Hall–Kier alpha value is -2.48. The van der Waals surface area contributed by atoms with Gasteiger partial charge >= 0.3 is 5.69 Å². The molecule has 1 aliphatic rings. The maximum atomic E-state index is 11.7. The molecule has 1 saturated heterocycles. The summed E-state index contributed by atoms with van der Waals surface area (Å²) < 4.78 is 0. The minimum Gasteiger partial charge on any atom is -0.348 e. The molecule has 0 bridgehead atoms. The van der Waals surface area contributed by atoms with Gasteiger partial charge in [-0.05, 0) is 38.3 Å². The van der Waals surface area contributed by atoms with E-state index in [4.69, 9.17) is 11.6 Å². The Morgan fingerprint density at radius 3 is 2.83 bits per heavy atom. The summed E-state index contributed by atoms with van der Waals surface area (Å²) >= 11 is 5.81. The van der Waals surface area contributed by atoms with E-state index in [1.165, 1.54) is 12.5 Å². The van der Waals surface area contributed by atoms with E-state index in [0.29, 0.717) is 16.7 Å². The Balaban J connectivity index is 1.98. The summed E-state index contributed by atoms with van der Waals surface area (Å²) in [6.45, 7) is 2.80. The molecule has 0 radical (unpaired) electrons. The molecule has 0 amide bonds. The minimum absolute atomic E-state index is 0.123. The molecule has 8 nitrogen and oxygen atoms in total. The number of piperidine rings is 1. The first-order chi connectivity index (χ1) is 11.6. The van der Waals surface area contributed by atoms with Crippen molar-refractivity contribution in [2.24, 2.45) is 0 Å². The number of anilines is 3. The SMILES string of the molecule is CC1CCCCN1c1ncnc(Nc2ccc(Cl)cn2)c1[N+](=O)[O-]. The molecule has 126 valence electrons. The fourth-order valence-corrected chi connectivity index (χ4v) is 2.93. The van der Waals surface area contributed by atoms with Crippen molar-refractivity contribution in [1.29, 1.82) is 0 Å². The van der Waals surface area contributed by atoms with Crippen LogP contribution in [0.4, 0.5) is 23.1 Å². The Kier molecular flexibility index (Phi) is 4.75. The molecule has 0 aliphatic carbocycles.